The number of carbonyl (C=O) groups is 2. The lowest BCUT2D eigenvalue weighted by atomic mass is 10.0. The molecule has 0 aliphatic carbocycles. The van der Waals surface area contributed by atoms with Gasteiger partial charge in [0.1, 0.15) is 5.75 Å². The van der Waals surface area contributed by atoms with Crippen LogP contribution in [-0.2, 0) is 10.5 Å². The van der Waals surface area contributed by atoms with Gasteiger partial charge in [0.2, 0.25) is 0 Å². The normalized spacial score (nSPS) is 22.1. The van der Waals surface area contributed by atoms with E-state index in [-0.39, 0.29) is 11.8 Å². The Bertz CT molecular complexity index is 802. The lowest BCUT2D eigenvalue weighted by Crippen LogP contribution is -2.59. The van der Waals surface area contributed by atoms with Gasteiger partial charge in [-0.05, 0) is 25.1 Å². The number of benzene rings is 2. The summed E-state index contributed by atoms with van der Waals surface area (Å²) in [4.78, 5) is 27.0. The Hall–Kier alpha value is -2.82. The first-order valence-electron chi connectivity index (χ1n) is 7.19. The predicted octanol–water partition coefficient (Wildman–Crippen LogP) is 2.03. The molecule has 2 heterocycles. The van der Waals surface area contributed by atoms with Crippen LogP contribution in [0.5, 0.6) is 5.75 Å². The van der Waals surface area contributed by atoms with E-state index in [1.54, 1.807) is 29.2 Å². The fourth-order valence-corrected chi connectivity index (χ4v) is 3.12. The van der Waals surface area contributed by atoms with Gasteiger partial charge in [-0.2, -0.15) is 0 Å². The maximum Gasteiger partial charge on any atom is 0.298 e. The van der Waals surface area contributed by atoms with Gasteiger partial charge in [-0.15, -0.1) is 0 Å². The van der Waals surface area contributed by atoms with E-state index in [0.29, 0.717) is 23.4 Å². The molecule has 2 aliphatic heterocycles. The molecular formula is C17H14N2O3. The molecule has 1 spiro atoms. The van der Waals surface area contributed by atoms with E-state index in [1.165, 1.54) is 0 Å². The molecule has 5 nitrogen and oxygen atoms in total. The van der Waals surface area contributed by atoms with E-state index in [4.69, 9.17) is 4.74 Å². The van der Waals surface area contributed by atoms with Crippen LogP contribution >= 0.6 is 0 Å². The molecule has 0 aromatic heterocycles. The summed E-state index contributed by atoms with van der Waals surface area (Å²) in [5, 5.41) is 2.77. The van der Waals surface area contributed by atoms with Crippen molar-refractivity contribution in [1.29, 1.82) is 0 Å². The highest BCUT2D eigenvalue weighted by Gasteiger charge is 2.56. The van der Waals surface area contributed by atoms with Crippen molar-refractivity contribution in [3.8, 4) is 5.75 Å². The van der Waals surface area contributed by atoms with Gasteiger partial charge in [-0.1, -0.05) is 30.3 Å². The van der Waals surface area contributed by atoms with Crippen molar-refractivity contribution in [2.45, 2.75) is 12.6 Å². The molecule has 22 heavy (non-hydrogen) atoms. The molecule has 0 radical (unpaired) electrons. The number of amides is 2. The zero-order chi connectivity index (χ0) is 15.3. The third-order valence-electron chi connectivity index (χ3n) is 4.12. The second kappa shape index (κ2) is 4.34. The molecule has 1 N–H and O–H groups in total. The van der Waals surface area contributed by atoms with Gasteiger partial charge in [0.15, 0.2) is 0 Å². The first-order chi connectivity index (χ1) is 10.7. The second-order valence-electron chi connectivity index (χ2n) is 5.30. The van der Waals surface area contributed by atoms with Gasteiger partial charge >= 0.3 is 0 Å². The van der Waals surface area contributed by atoms with Crippen molar-refractivity contribution in [2.24, 2.45) is 0 Å². The molecule has 110 valence electrons. The summed E-state index contributed by atoms with van der Waals surface area (Å²) >= 11 is 0. The Balaban J connectivity index is 1.93. The monoisotopic (exact) mass is 294 g/mol. The van der Waals surface area contributed by atoms with Gasteiger partial charge in [0, 0.05) is 6.54 Å². The lowest BCUT2D eigenvalue weighted by molar-refractivity contribution is -0.136. The number of hydrogen-bond acceptors (Lipinski definition) is 3. The molecule has 2 aliphatic rings. The number of likely N-dealkylation sites (N-methyl/N-ethyl adjacent to an activating group) is 1. The highest BCUT2D eigenvalue weighted by atomic mass is 16.5. The standard InChI is InChI=1S/C17H14N2O3/c1-2-19-13-9-5-4-8-12(13)17(16(19)21)18-15(20)11-7-3-6-10-14(11)22-17/h3-10H,2H2,1H3,(H,18,20)/t17-/m0/s1. The molecule has 2 aromatic rings. The number of hydrogen-bond donors (Lipinski definition) is 1. The summed E-state index contributed by atoms with van der Waals surface area (Å²) < 4.78 is 6.00. The molecular weight excluding hydrogens is 280 g/mol. The Kier molecular flexibility index (Phi) is 2.54. The maximum atomic E-state index is 12.9. The van der Waals surface area contributed by atoms with Crippen molar-refractivity contribution in [3.63, 3.8) is 0 Å². The lowest BCUT2D eigenvalue weighted by Gasteiger charge is -2.34. The van der Waals surface area contributed by atoms with Gasteiger partial charge in [0.25, 0.3) is 17.5 Å². The minimum absolute atomic E-state index is 0.265. The number of para-hydroxylation sites is 2. The summed E-state index contributed by atoms with van der Waals surface area (Å²) in [5.74, 6) is -0.144. The molecule has 0 saturated carbocycles. The van der Waals surface area contributed by atoms with Crippen LogP contribution in [-0.4, -0.2) is 18.4 Å². The van der Waals surface area contributed by atoms with E-state index >= 15 is 0 Å². The molecule has 1 atom stereocenters. The number of ether oxygens (including phenoxy) is 1. The molecule has 0 bridgehead atoms. The van der Waals surface area contributed by atoms with Crippen molar-refractivity contribution in [1.82, 2.24) is 5.32 Å². The average molecular weight is 294 g/mol. The van der Waals surface area contributed by atoms with Gasteiger partial charge in [-0.3, -0.25) is 9.59 Å². The van der Waals surface area contributed by atoms with Crippen LogP contribution < -0.4 is 15.0 Å². The van der Waals surface area contributed by atoms with Gasteiger partial charge in [-0.25, -0.2) is 0 Å². The molecule has 0 unspecified atom stereocenters. The highest BCUT2D eigenvalue weighted by Crippen LogP contribution is 2.44. The second-order valence-corrected chi connectivity index (χ2v) is 5.30. The summed E-state index contributed by atoms with van der Waals surface area (Å²) in [6.45, 7) is 2.41. The summed E-state index contributed by atoms with van der Waals surface area (Å²) in [5.41, 5.74) is 0.422. The van der Waals surface area contributed by atoms with Gasteiger partial charge < -0.3 is 15.0 Å². The smallest absolute Gasteiger partial charge is 0.298 e. The zero-order valence-electron chi connectivity index (χ0n) is 12.0. The molecule has 2 amide bonds. The summed E-state index contributed by atoms with van der Waals surface area (Å²) in [6, 6.07) is 14.3. The SMILES string of the molecule is CCN1C(=O)[C@]2(NC(=O)c3ccccc3O2)c2ccccc21. The Morgan fingerprint density at radius 2 is 1.82 bits per heavy atom. The van der Waals surface area contributed by atoms with Crippen LogP contribution in [0.1, 0.15) is 22.8 Å². The van der Waals surface area contributed by atoms with Crippen LogP contribution in [0.2, 0.25) is 0 Å². The topological polar surface area (TPSA) is 58.6 Å². The minimum Gasteiger partial charge on any atom is -0.453 e. The first kappa shape index (κ1) is 12.9. The van der Waals surface area contributed by atoms with Crippen LogP contribution in [0.15, 0.2) is 48.5 Å². The zero-order valence-corrected chi connectivity index (χ0v) is 12.0. The van der Waals surface area contributed by atoms with Crippen molar-refractivity contribution >= 4 is 17.5 Å². The Morgan fingerprint density at radius 1 is 1.09 bits per heavy atom. The van der Waals surface area contributed by atoms with E-state index in [1.807, 2.05) is 31.2 Å². The third-order valence-corrected chi connectivity index (χ3v) is 4.12. The third kappa shape index (κ3) is 1.48. The van der Waals surface area contributed by atoms with E-state index < -0.39 is 5.72 Å². The number of nitrogens with zero attached hydrogens (tertiary/aromatic N) is 1. The number of anilines is 1. The average Bonchev–Trinajstić information content (AvgIpc) is 2.76. The van der Waals surface area contributed by atoms with Crippen LogP contribution in [0.4, 0.5) is 5.69 Å². The number of carbonyl (C=O) groups excluding carboxylic acids is 2. The molecule has 4 rings (SSSR count). The molecule has 0 saturated heterocycles. The van der Waals surface area contributed by atoms with Crippen molar-refractivity contribution < 1.29 is 14.3 Å². The van der Waals surface area contributed by atoms with E-state index in [0.717, 1.165) is 5.69 Å². The van der Waals surface area contributed by atoms with Gasteiger partial charge in [0.05, 0.1) is 16.8 Å². The largest absolute Gasteiger partial charge is 0.453 e. The quantitative estimate of drug-likeness (QED) is 0.875. The predicted molar refractivity (Wildman–Crippen MR) is 80.7 cm³/mol. The van der Waals surface area contributed by atoms with Crippen LogP contribution in [0, 0.1) is 0 Å². The minimum atomic E-state index is -1.46. The van der Waals surface area contributed by atoms with E-state index in [9.17, 15) is 9.59 Å². The number of nitrogens with one attached hydrogen (secondary N) is 1. The van der Waals surface area contributed by atoms with Crippen LogP contribution in [0.25, 0.3) is 0 Å². The number of rotatable bonds is 1. The Morgan fingerprint density at radius 3 is 2.64 bits per heavy atom. The maximum absolute atomic E-state index is 12.9. The summed E-state index contributed by atoms with van der Waals surface area (Å²) in [6.07, 6.45) is 0. The summed E-state index contributed by atoms with van der Waals surface area (Å²) in [7, 11) is 0. The molecule has 2 aromatic carbocycles. The number of fused-ring (bicyclic) bond motifs is 3. The van der Waals surface area contributed by atoms with Crippen molar-refractivity contribution in [2.75, 3.05) is 11.4 Å². The van der Waals surface area contributed by atoms with E-state index in [2.05, 4.69) is 5.32 Å². The highest BCUT2D eigenvalue weighted by molar-refractivity contribution is 6.11. The fourth-order valence-electron chi connectivity index (χ4n) is 3.12. The fraction of sp³-hybridized carbons (Fsp3) is 0.176. The molecule has 5 heteroatoms. The van der Waals surface area contributed by atoms with Crippen LogP contribution in [0.3, 0.4) is 0 Å². The van der Waals surface area contributed by atoms with Crippen molar-refractivity contribution in [3.05, 3.63) is 59.7 Å². The Labute approximate surface area is 127 Å². The molecule has 0 fully saturated rings. The first-order valence-corrected chi connectivity index (χ1v) is 7.19.